The quantitative estimate of drug-likeness (QED) is 0.786. The van der Waals surface area contributed by atoms with Crippen LogP contribution in [-0.2, 0) is 4.79 Å². The Balaban J connectivity index is 2.05. The van der Waals surface area contributed by atoms with Gasteiger partial charge in [-0.25, -0.2) is 4.39 Å². The third-order valence-electron chi connectivity index (χ3n) is 4.52. The van der Waals surface area contributed by atoms with Crippen LogP contribution < -0.4 is 15.5 Å². The van der Waals surface area contributed by atoms with Gasteiger partial charge in [0.05, 0.1) is 5.69 Å². The number of amides is 1. The Kier molecular flexibility index (Phi) is 6.24. The van der Waals surface area contributed by atoms with E-state index in [-0.39, 0.29) is 17.8 Å². The second kappa shape index (κ2) is 8.21. The number of hydrogen-bond donors (Lipinski definition) is 2. The van der Waals surface area contributed by atoms with E-state index < -0.39 is 6.04 Å². The number of anilines is 3. The summed E-state index contributed by atoms with van der Waals surface area (Å²) < 4.78 is 14.4. The lowest BCUT2D eigenvalue weighted by Crippen LogP contribution is -2.32. The molecule has 2 rings (SSSR count). The number of halogens is 1. The molecule has 0 saturated carbocycles. The fourth-order valence-corrected chi connectivity index (χ4v) is 2.67. The molecule has 140 valence electrons. The SMILES string of the molecule is Cc1ccc(NC(=O)C(C)Nc2ccc(N(C)C(C)C)c(F)c2)c(C)c1. The minimum Gasteiger partial charge on any atom is -0.374 e. The van der Waals surface area contributed by atoms with Crippen molar-refractivity contribution in [1.82, 2.24) is 0 Å². The van der Waals surface area contributed by atoms with Crippen molar-refractivity contribution in [2.24, 2.45) is 0 Å². The van der Waals surface area contributed by atoms with Crippen molar-refractivity contribution in [3.63, 3.8) is 0 Å². The van der Waals surface area contributed by atoms with Crippen LogP contribution in [0.4, 0.5) is 21.5 Å². The largest absolute Gasteiger partial charge is 0.374 e. The predicted octanol–water partition coefficient (Wildman–Crippen LogP) is 4.73. The molecule has 2 aromatic carbocycles. The van der Waals surface area contributed by atoms with Crippen molar-refractivity contribution in [3.05, 3.63) is 53.3 Å². The van der Waals surface area contributed by atoms with Gasteiger partial charge in [-0.05, 0) is 64.4 Å². The van der Waals surface area contributed by atoms with Crippen LogP contribution in [0.2, 0.25) is 0 Å². The van der Waals surface area contributed by atoms with Crippen molar-refractivity contribution >= 4 is 23.0 Å². The monoisotopic (exact) mass is 357 g/mol. The second-order valence-electron chi connectivity index (χ2n) is 7.04. The second-order valence-corrected chi connectivity index (χ2v) is 7.04. The molecule has 0 fully saturated rings. The standard InChI is InChI=1S/C21H28FN3O/c1-13(2)25(6)20-10-8-17(12-18(20)22)23-16(5)21(26)24-19-9-7-14(3)11-15(19)4/h7-13,16,23H,1-6H3,(H,24,26). The summed E-state index contributed by atoms with van der Waals surface area (Å²) in [5.74, 6) is -0.478. The molecule has 0 aliphatic heterocycles. The Bertz CT molecular complexity index is 789. The lowest BCUT2D eigenvalue weighted by Gasteiger charge is -2.25. The van der Waals surface area contributed by atoms with Gasteiger partial charge in [-0.15, -0.1) is 0 Å². The molecule has 0 spiro atoms. The molecule has 4 nitrogen and oxygen atoms in total. The van der Waals surface area contributed by atoms with Crippen LogP contribution in [0.1, 0.15) is 31.9 Å². The fourth-order valence-electron chi connectivity index (χ4n) is 2.67. The zero-order valence-corrected chi connectivity index (χ0v) is 16.4. The summed E-state index contributed by atoms with van der Waals surface area (Å²) in [7, 11) is 1.86. The number of aryl methyl sites for hydroxylation is 2. The van der Waals surface area contributed by atoms with Crippen LogP contribution in [0.15, 0.2) is 36.4 Å². The maximum atomic E-state index is 14.4. The highest BCUT2D eigenvalue weighted by Gasteiger charge is 2.16. The number of hydrogen-bond acceptors (Lipinski definition) is 3. The molecule has 1 amide bonds. The highest BCUT2D eigenvalue weighted by molar-refractivity contribution is 5.96. The molecule has 2 aromatic rings. The highest BCUT2D eigenvalue weighted by Crippen LogP contribution is 2.24. The van der Waals surface area contributed by atoms with Crippen LogP contribution in [-0.4, -0.2) is 25.0 Å². The Hall–Kier alpha value is -2.56. The molecule has 0 aromatic heterocycles. The van der Waals surface area contributed by atoms with Gasteiger partial charge in [0.2, 0.25) is 5.91 Å². The van der Waals surface area contributed by atoms with Crippen molar-refractivity contribution < 1.29 is 9.18 Å². The van der Waals surface area contributed by atoms with Gasteiger partial charge >= 0.3 is 0 Å². The average Bonchev–Trinajstić information content (AvgIpc) is 2.56. The van der Waals surface area contributed by atoms with Gasteiger partial charge in [-0.1, -0.05) is 17.7 Å². The summed E-state index contributed by atoms with van der Waals surface area (Å²) in [6.07, 6.45) is 0. The first-order chi connectivity index (χ1) is 12.2. The zero-order chi connectivity index (χ0) is 19.4. The van der Waals surface area contributed by atoms with E-state index in [0.29, 0.717) is 11.4 Å². The first kappa shape index (κ1) is 19.8. The topological polar surface area (TPSA) is 44.4 Å². The number of carbonyl (C=O) groups is 1. The molecule has 1 atom stereocenters. The molecule has 5 heteroatoms. The summed E-state index contributed by atoms with van der Waals surface area (Å²) in [4.78, 5) is 14.3. The molecule has 0 aliphatic carbocycles. The molecule has 0 bridgehead atoms. The van der Waals surface area contributed by atoms with E-state index in [4.69, 9.17) is 0 Å². The number of carbonyl (C=O) groups excluding carboxylic acids is 1. The molecule has 0 aliphatic rings. The zero-order valence-electron chi connectivity index (χ0n) is 16.4. The predicted molar refractivity (Wildman–Crippen MR) is 108 cm³/mol. The summed E-state index contributed by atoms with van der Waals surface area (Å²) in [6.45, 7) is 9.73. The molecule has 1 unspecified atom stereocenters. The van der Waals surface area contributed by atoms with Crippen LogP contribution in [0, 0.1) is 19.7 Å². The summed E-state index contributed by atoms with van der Waals surface area (Å²) >= 11 is 0. The van der Waals surface area contributed by atoms with Gasteiger partial charge < -0.3 is 15.5 Å². The van der Waals surface area contributed by atoms with Gasteiger partial charge in [0.25, 0.3) is 0 Å². The average molecular weight is 357 g/mol. The Labute approximate surface area is 155 Å². The minimum absolute atomic E-state index is 0.166. The maximum Gasteiger partial charge on any atom is 0.246 e. The first-order valence-corrected chi connectivity index (χ1v) is 8.86. The van der Waals surface area contributed by atoms with E-state index in [9.17, 15) is 9.18 Å². The van der Waals surface area contributed by atoms with Gasteiger partial charge in [-0.3, -0.25) is 4.79 Å². The van der Waals surface area contributed by atoms with Crippen LogP contribution in [0.25, 0.3) is 0 Å². The normalized spacial score (nSPS) is 12.0. The number of benzene rings is 2. The molecule has 2 N–H and O–H groups in total. The van der Waals surface area contributed by atoms with Crippen LogP contribution in [0.5, 0.6) is 0 Å². The van der Waals surface area contributed by atoms with Crippen LogP contribution >= 0.6 is 0 Å². The fraction of sp³-hybridized carbons (Fsp3) is 0.381. The summed E-state index contributed by atoms with van der Waals surface area (Å²) in [5, 5.41) is 5.97. The van der Waals surface area contributed by atoms with Gasteiger partial charge in [-0.2, -0.15) is 0 Å². The minimum atomic E-state index is -0.496. The van der Waals surface area contributed by atoms with Gasteiger partial charge in [0.15, 0.2) is 0 Å². The van der Waals surface area contributed by atoms with E-state index in [1.165, 1.54) is 6.07 Å². The van der Waals surface area contributed by atoms with Crippen molar-refractivity contribution in [3.8, 4) is 0 Å². The number of nitrogens with one attached hydrogen (secondary N) is 2. The smallest absolute Gasteiger partial charge is 0.246 e. The first-order valence-electron chi connectivity index (χ1n) is 8.86. The molecular formula is C21H28FN3O. The molecule has 26 heavy (non-hydrogen) atoms. The Morgan fingerprint density at radius 2 is 1.77 bits per heavy atom. The maximum absolute atomic E-state index is 14.4. The lowest BCUT2D eigenvalue weighted by molar-refractivity contribution is -0.116. The third-order valence-corrected chi connectivity index (χ3v) is 4.52. The molecular weight excluding hydrogens is 329 g/mol. The molecule has 0 radical (unpaired) electrons. The summed E-state index contributed by atoms with van der Waals surface area (Å²) in [6, 6.07) is 10.5. The van der Waals surface area contributed by atoms with E-state index in [1.807, 2.05) is 57.8 Å². The van der Waals surface area contributed by atoms with E-state index >= 15 is 0 Å². The number of nitrogens with zero attached hydrogens (tertiary/aromatic N) is 1. The van der Waals surface area contributed by atoms with E-state index in [0.717, 1.165) is 16.8 Å². The van der Waals surface area contributed by atoms with Gasteiger partial charge in [0, 0.05) is 24.5 Å². The van der Waals surface area contributed by atoms with Gasteiger partial charge in [0.1, 0.15) is 11.9 Å². The molecule has 0 saturated heterocycles. The lowest BCUT2D eigenvalue weighted by atomic mass is 10.1. The number of rotatable bonds is 6. The van der Waals surface area contributed by atoms with E-state index in [1.54, 1.807) is 19.1 Å². The highest BCUT2D eigenvalue weighted by atomic mass is 19.1. The van der Waals surface area contributed by atoms with Crippen molar-refractivity contribution in [2.45, 2.75) is 46.7 Å². The Morgan fingerprint density at radius 1 is 1.08 bits per heavy atom. The summed E-state index contributed by atoms with van der Waals surface area (Å²) in [5.41, 5.74) is 4.06. The van der Waals surface area contributed by atoms with E-state index in [2.05, 4.69) is 10.6 Å². The Morgan fingerprint density at radius 3 is 2.35 bits per heavy atom. The van der Waals surface area contributed by atoms with Crippen molar-refractivity contribution in [1.29, 1.82) is 0 Å². The van der Waals surface area contributed by atoms with Crippen molar-refractivity contribution in [2.75, 3.05) is 22.6 Å². The molecule has 0 heterocycles. The van der Waals surface area contributed by atoms with Crippen LogP contribution in [0.3, 0.4) is 0 Å². The third kappa shape index (κ3) is 4.75.